The standard InChI is InChI=1S/C17H19ClN2/c18-17-10-9-14-12-19-15(11-16(14)20-17)8-4-7-13-5-2-1-3-6-13/h1-3,5-6,9-10,15,19H,4,7-8,11-12H2. The molecule has 1 atom stereocenters. The van der Waals surface area contributed by atoms with Gasteiger partial charge in [0.05, 0.1) is 0 Å². The van der Waals surface area contributed by atoms with E-state index in [4.69, 9.17) is 11.6 Å². The Hall–Kier alpha value is -1.38. The summed E-state index contributed by atoms with van der Waals surface area (Å²) < 4.78 is 0. The number of hydrogen-bond acceptors (Lipinski definition) is 2. The molecule has 0 saturated heterocycles. The predicted octanol–water partition coefficient (Wildman–Crippen LogP) is 3.77. The highest BCUT2D eigenvalue weighted by Gasteiger charge is 2.18. The van der Waals surface area contributed by atoms with Crippen LogP contribution in [0.2, 0.25) is 5.15 Å². The van der Waals surface area contributed by atoms with E-state index >= 15 is 0 Å². The summed E-state index contributed by atoms with van der Waals surface area (Å²) in [5, 5.41) is 4.20. The molecule has 1 aromatic carbocycles. The van der Waals surface area contributed by atoms with Gasteiger partial charge in [-0.3, -0.25) is 0 Å². The fourth-order valence-corrected chi connectivity index (χ4v) is 2.97. The van der Waals surface area contributed by atoms with E-state index in [2.05, 4.69) is 46.7 Å². The van der Waals surface area contributed by atoms with Crippen LogP contribution < -0.4 is 5.32 Å². The van der Waals surface area contributed by atoms with Crippen molar-refractivity contribution in [3.05, 3.63) is 64.4 Å². The van der Waals surface area contributed by atoms with Crippen LogP contribution in [0.3, 0.4) is 0 Å². The first-order chi connectivity index (χ1) is 9.81. The van der Waals surface area contributed by atoms with Crippen molar-refractivity contribution in [2.45, 2.75) is 38.3 Å². The van der Waals surface area contributed by atoms with Gasteiger partial charge in [0, 0.05) is 24.7 Å². The molecular formula is C17H19ClN2. The number of fused-ring (bicyclic) bond motifs is 1. The molecule has 1 aliphatic heterocycles. The zero-order chi connectivity index (χ0) is 13.8. The van der Waals surface area contributed by atoms with Crippen molar-refractivity contribution in [2.24, 2.45) is 0 Å². The summed E-state index contributed by atoms with van der Waals surface area (Å²) in [5.74, 6) is 0. The molecule has 1 N–H and O–H groups in total. The number of pyridine rings is 1. The first-order valence-corrected chi connectivity index (χ1v) is 7.60. The lowest BCUT2D eigenvalue weighted by Crippen LogP contribution is -2.36. The highest BCUT2D eigenvalue weighted by atomic mass is 35.5. The molecule has 1 unspecified atom stereocenters. The number of nitrogens with zero attached hydrogens (tertiary/aromatic N) is 1. The zero-order valence-electron chi connectivity index (χ0n) is 11.5. The van der Waals surface area contributed by atoms with Crippen LogP contribution in [0.4, 0.5) is 0 Å². The molecule has 3 heteroatoms. The predicted molar refractivity (Wildman–Crippen MR) is 83.0 cm³/mol. The van der Waals surface area contributed by atoms with Crippen molar-refractivity contribution in [1.29, 1.82) is 0 Å². The summed E-state index contributed by atoms with van der Waals surface area (Å²) in [6.07, 6.45) is 4.53. The number of nitrogens with one attached hydrogen (secondary N) is 1. The summed E-state index contributed by atoms with van der Waals surface area (Å²) in [6, 6.07) is 15.2. The molecule has 2 nitrogen and oxygen atoms in total. The summed E-state index contributed by atoms with van der Waals surface area (Å²) in [5.41, 5.74) is 3.87. The Kier molecular flexibility index (Phi) is 4.34. The molecule has 1 aromatic heterocycles. The Balaban J connectivity index is 1.53. The molecule has 0 amide bonds. The van der Waals surface area contributed by atoms with E-state index < -0.39 is 0 Å². The van der Waals surface area contributed by atoms with Crippen LogP contribution >= 0.6 is 11.6 Å². The largest absolute Gasteiger partial charge is 0.309 e. The van der Waals surface area contributed by atoms with Crippen LogP contribution in [0.1, 0.15) is 29.7 Å². The van der Waals surface area contributed by atoms with Gasteiger partial charge in [-0.05, 0) is 36.5 Å². The molecule has 1 aliphatic rings. The first kappa shape index (κ1) is 13.6. The van der Waals surface area contributed by atoms with Crippen LogP contribution in [0.25, 0.3) is 0 Å². The third-order valence-corrected chi connectivity index (χ3v) is 4.13. The Labute approximate surface area is 125 Å². The zero-order valence-corrected chi connectivity index (χ0v) is 12.2. The lowest BCUT2D eigenvalue weighted by Gasteiger charge is -2.25. The molecule has 0 saturated carbocycles. The third-order valence-electron chi connectivity index (χ3n) is 3.92. The molecule has 20 heavy (non-hydrogen) atoms. The fourth-order valence-electron chi connectivity index (χ4n) is 2.80. The second-order valence-corrected chi connectivity index (χ2v) is 5.79. The smallest absolute Gasteiger partial charge is 0.129 e. The molecule has 0 bridgehead atoms. The number of rotatable bonds is 4. The first-order valence-electron chi connectivity index (χ1n) is 7.23. The Morgan fingerprint density at radius 1 is 1.15 bits per heavy atom. The van der Waals surface area contributed by atoms with Gasteiger partial charge in [-0.1, -0.05) is 48.0 Å². The summed E-state index contributed by atoms with van der Waals surface area (Å²) >= 11 is 5.98. The van der Waals surface area contributed by atoms with Gasteiger partial charge in [-0.15, -0.1) is 0 Å². The summed E-state index contributed by atoms with van der Waals surface area (Å²) in [7, 11) is 0. The second-order valence-electron chi connectivity index (χ2n) is 5.40. The quantitative estimate of drug-likeness (QED) is 0.866. The number of halogens is 1. The number of aromatic nitrogens is 1. The summed E-state index contributed by atoms with van der Waals surface area (Å²) in [6.45, 7) is 0.912. The number of hydrogen-bond donors (Lipinski definition) is 1. The van der Waals surface area contributed by atoms with Crippen LogP contribution in [0.15, 0.2) is 42.5 Å². The molecule has 2 aromatic rings. The summed E-state index contributed by atoms with van der Waals surface area (Å²) in [4.78, 5) is 4.46. The van der Waals surface area contributed by atoms with E-state index in [-0.39, 0.29) is 0 Å². The highest BCUT2D eigenvalue weighted by molar-refractivity contribution is 6.29. The van der Waals surface area contributed by atoms with E-state index in [1.807, 2.05) is 6.07 Å². The van der Waals surface area contributed by atoms with E-state index in [1.165, 1.54) is 29.7 Å². The minimum Gasteiger partial charge on any atom is -0.309 e. The maximum atomic E-state index is 5.98. The molecule has 0 spiro atoms. The maximum Gasteiger partial charge on any atom is 0.129 e. The van der Waals surface area contributed by atoms with Crippen molar-refractivity contribution in [1.82, 2.24) is 10.3 Å². The maximum absolute atomic E-state index is 5.98. The fraction of sp³-hybridized carbons (Fsp3) is 0.353. The van der Waals surface area contributed by atoms with Crippen LogP contribution in [-0.4, -0.2) is 11.0 Å². The Bertz CT molecular complexity index is 568. The number of aryl methyl sites for hydroxylation is 1. The van der Waals surface area contributed by atoms with Gasteiger partial charge in [0.25, 0.3) is 0 Å². The van der Waals surface area contributed by atoms with E-state index in [1.54, 1.807) is 0 Å². The average molecular weight is 287 g/mol. The van der Waals surface area contributed by atoms with Gasteiger partial charge in [0.1, 0.15) is 5.15 Å². The Morgan fingerprint density at radius 2 is 2.00 bits per heavy atom. The molecule has 0 fully saturated rings. The van der Waals surface area contributed by atoms with Crippen LogP contribution in [-0.2, 0) is 19.4 Å². The van der Waals surface area contributed by atoms with E-state index in [0.29, 0.717) is 11.2 Å². The van der Waals surface area contributed by atoms with Crippen molar-refractivity contribution < 1.29 is 0 Å². The molecule has 104 valence electrons. The second kappa shape index (κ2) is 6.38. The van der Waals surface area contributed by atoms with Crippen LogP contribution in [0.5, 0.6) is 0 Å². The van der Waals surface area contributed by atoms with Gasteiger partial charge in [0.2, 0.25) is 0 Å². The van der Waals surface area contributed by atoms with E-state index in [0.717, 1.165) is 19.4 Å². The molecule has 2 heterocycles. The lowest BCUT2D eigenvalue weighted by atomic mass is 9.96. The average Bonchev–Trinajstić information content (AvgIpc) is 2.48. The highest BCUT2D eigenvalue weighted by Crippen LogP contribution is 2.20. The van der Waals surface area contributed by atoms with Gasteiger partial charge in [0.15, 0.2) is 0 Å². The molecule has 0 radical (unpaired) electrons. The van der Waals surface area contributed by atoms with Crippen molar-refractivity contribution in [3.8, 4) is 0 Å². The lowest BCUT2D eigenvalue weighted by molar-refractivity contribution is 0.435. The van der Waals surface area contributed by atoms with Gasteiger partial charge >= 0.3 is 0 Å². The Morgan fingerprint density at radius 3 is 2.85 bits per heavy atom. The minimum atomic E-state index is 0.525. The van der Waals surface area contributed by atoms with Crippen molar-refractivity contribution >= 4 is 11.6 Å². The van der Waals surface area contributed by atoms with E-state index in [9.17, 15) is 0 Å². The molecule has 3 rings (SSSR count). The third kappa shape index (κ3) is 3.38. The van der Waals surface area contributed by atoms with Crippen molar-refractivity contribution in [2.75, 3.05) is 0 Å². The molecule has 0 aliphatic carbocycles. The van der Waals surface area contributed by atoms with Gasteiger partial charge in [-0.2, -0.15) is 0 Å². The number of benzene rings is 1. The SMILES string of the molecule is Clc1ccc2c(n1)CC(CCCc1ccccc1)NC2. The normalized spacial score (nSPS) is 17.8. The monoisotopic (exact) mass is 286 g/mol. The topological polar surface area (TPSA) is 24.9 Å². The van der Waals surface area contributed by atoms with Crippen molar-refractivity contribution in [3.63, 3.8) is 0 Å². The van der Waals surface area contributed by atoms with Gasteiger partial charge < -0.3 is 5.32 Å². The minimum absolute atomic E-state index is 0.525. The van der Waals surface area contributed by atoms with Gasteiger partial charge in [-0.25, -0.2) is 4.98 Å². The van der Waals surface area contributed by atoms with Crippen LogP contribution in [0, 0.1) is 0 Å². The molecular weight excluding hydrogens is 268 g/mol.